The highest BCUT2D eigenvalue weighted by atomic mass is 32.2. The highest BCUT2D eigenvalue weighted by molar-refractivity contribution is 7.86. The lowest BCUT2D eigenvalue weighted by Crippen LogP contribution is -2.14. The van der Waals surface area contributed by atoms with Crippen molar-refractivity contribution in [1.29, 1.82) is 0 Å². The Bertz CT molecular complexity index is 697. The van der Waals surface area contributed by atoms with Crippen LogP contribution >= 0.6 is 0 Å². The summed E-state index contributed by atoms with van der Waals surface area (Å²) in [5.74, 6) is -0.958. The van der Waals surface area contributed by atoms with E-state index in [-0.39, 0.29) is 35.6 Å². The molecule has 0 aliphatic carbocycles. The van der Waals surface area contributed by atoms with Gasteiger partial charge in [0.05, 0.1) is 29.5 Å². The molecule has 1 rings (SSSR count). The van der Waals surface area contributed by atoms with Gasteiger partial charge in [-0.15, -0.1) is 0 Å². The highest BCUT2D eigenvalue weighted by Crippen LogP contribution is 2.19. The Labute approximate surface area is 134 Å². The lowest BCUT2D eigenvalue weighted by atomic mass is 10.2. The highest BCUT2D eigenvalue weighted by Gasteiger charge is 2.17. The number of hydrogen-bond donors (Lipinski definition) is 0. The van der Waals surface area contributed by atoms with Crippen molar-refractivity contribution in [3.63, 3.8) is 0 Å². The van der Waals surface area contributed by atoms with E-state index in [1.165, 1.54) is 25.1 Å². The lowest BCUT2D eigenvalue weighted by Gasteiger charge is -2.07. The fourth-order valence-electron chi connectivity index (χ4n) is 1.55. The van der Waals surface area contributed by atoms with Gasteiger partial charge >= 0.3 is 5.97 Å². The quantitative estimate of drug-likeness (QED) is 0.168. The van der Waals surface area contributed by atoms with E-state index >= 15 is 0 Å². The number of para-hydroxylation sites is 1. The van der Waals surface area contributed by atoms with Crippen LogP contribution in [0.1, 0.15) is 18.9 Å². The average Bonchev–Trinajstić information content (AvgIpc) is 2.49. The predicted octanol–water partition coefficient (Wildman–Crippen LogP) is 1.95. The number of nitro groups is 1. The molecule has 0 atom stereocenters. The van der Waals surface area contributed by atoms with Crippen molar-refractivity contribution in [3.05, 3.63) is 52.1 Å². The molecular weight excluding hydrogens is 326 g/mol. The van der Waals surface area contributed by atoms with Crippen molar-refractivity contribution >= 4 is 21.8 Å². The Morgan fingerprint density at radius 2 is 2.00 bits per heavy atom. The molecule has 0 N–H and O–H groups in total. The van der Waals surface area contributed by atoms with Crippen LogP contribution < -0.4 is 0 Å². The molecule has 9 heteroatoms. The van der Waals surface area contributed by atoms with Crippen LogP contribution in [0.25, 0.3) is 0 Å². The second kappa shape index (κ2) is 8.39. The molecule has 0 saturated carbocycles. The maximum absolute atomic E-state index is 11.7. The van der Waals surface area contributed by atoms with Gasteiger partial charge in [0.1, 0.15) is 0 Å². The molecular formula is C14H17NO7S. The standard InChI is InChI=1S/C14H17NO7S/c1-11(2)14(16)21-8-5-9-23(19,20)22-10-12-6-3-4-7-13(12)15(17)18/h3-4,6-7H,1,5,8-10H2,2H3. The van der Waals surface area contributed by atoms with Crippen LogP contribution in [0.5, 0.6) is 0 Å². The first-order chi connectivity index (χ1) is 10.7. The van der Waals surface area contributed by atoms with Crippen molar-refractivity contribution in [2.75, 3.05) is 12.4 Å². The van der Waals surface area contributed by atoms with E-state index in [4.69, 9.17) is 8.92 Å². The summed E-state index contributed by atoms with van der Waals surface area (Å²) in [6, 6.07) is 5.71. The van der Waals surface area contributed by atoms with E-state index in [9.17, 15) is 23.3 Å². The van der Waals surface area contributed by atoms with E-state index in [2.05, 4.69) is 6.58 Å². The van der Waals surface area contributed by atoms with Crippen LogP contribution in [-0.2, 0) is 30.4 Å². The smallest absolute Gasteiger partial charge is 0.333 e. The number of ether oxygens (including phenoxy) is 1. The van der Waals surface area contributed by atoms with Gasteiger partial charge in [-0.2, -0.15) is 8.42 Å². The number of carbonyl (C=O) groups excluding carboxylic acids is 1. The second-order valence-corrected chi connectivity index (χ2v) is 6.44. The Morgan fingerprint density at radius 1 is 1.35 bits per heavy atom. The summed E-state index contributed by atoms with van der Waals surface area (Å²) >= 11 is 0. The number of esters is 1. The third-order valence-electron chi connectivity index (χ3n) is 2.70. The van der Waals surface area contributed by atoms with Gasteiger partial charge in [-0.1, -0.05) is 18.7 Å². The minimum absolute atomic E-state index is 0.0538. The van der Waals surface area contributed by atoms with Crippen LogP contribution in [0.2, 0.25) is 0 Å². The number of nitro benzene ring substituents is 1. The Hall–Kier alpha value is -2.26. The molecule has 23 heavy (non-hydrogen) atoms. The molecule has 1 aromatic rings. The number of benzene rings is 1. The summed E-state index contributed by atoms with van der Waals surface area (Å²) in [5, 5.41) is 10.8. The van der Waals surface area contributed by atoms with E-state index in [1.807, 2.05) is 0 Å². The van der Waals surface area contributed by atoms with Crippen molar-refractivity contribution in [2.45, 2.75) is 20.0 Å². The van der Waals surface area contributed by atoms with Crippen LogP contribution in [-0.4, -0.2) is 31.7 Å². The molecule has 0 aromatic heterocycles. The third-order valence-corrected chi connectivity index (χ3v) is 3.97. The molecule has 0 radical (unpaired) electrons. The van der Waals surface area contributed by atoms with Gasteiger partial charge in [0.25, 0.3) is 15.8 Å². The van der Waals surface area contributed by atoms with Gasteiger partial charge in [-0.05, 0) is 19.4 Å². The summed E-state index contributed by atoms with van der Waals surface area (Å²) in [7, 11) is -3.88. The second-order valence-electron chi connectivity index (χ2n) is 4.68. The van der Waals surface area contributed by atoms with Gasteiger partial charge in [-0.3, -0.25) is 14.3 Å². The van der Waals surface area contributed by atoms with Gasteiger partial charge in [0, 0.05) is 11.6 Å². The summed E-state index contributed by atoms with van der Waals surface area (Å²) in [6.07, 6.45) is 0.0538. The molecule has 0 fully saturated rings. The van der Waals surface area contributed by atoms with Crippen molar-refractivity contribution in [1.82, 2.24) is 0 Å². The predicted molar refractivity (Wildman–Crippen MR) is 82.1 cm³/mol. The zero-order valence-electron chi connectivity index (χ0n) is 12.6. The Morgan fingerprint density at radius 3 is 2.61 bits per heavy atom. The first-order valence-electron chi connectivity index (χ1n) is 6.65. The van der Waals surface area contributed by atoms with Gasteiger partial charge < -0.3 is 4.74 Å². The molecule has 0 bridgehead atoms. The van der Waals surface area contributed by atoms with Crippen LogP contribution in [0.4, 0.5) is 5.69 Å². The normalized spacial score (nSPS) is 11.0. The minimum atomic E-state index is -3.88. The summed E-state index contributed by atoms with van der Waals surface area (Å²) < 4.78 is 33.0. The fraction of sp³-hybridized carbons (Fsp3) is 0.357. The van der Waals surface area contributed by atoms with E-state index < -0.39 is 27.6 Å². The maximum atomic E-state index is 11.7. The maximum Gasteiger partial charge on any atom is 0.333 e. The third kappa shape index (κ3) is 6.57. The Kier molecular flexibility index (Phi) is 6.86. The topological polar surface area (TPSA) is 113 Å². The van der Waals surface area contributed by atoms with Crippen LogP contribution in [0, 0.1) is 10.1 Å². The molecule has 0 amide bonds. The summed E-state index contributed by atoms with van der Waals surface area (Å²) in [6.45, 7) is 4.37. The molecule has 0 aliphatic heterocycles. The molecule has 126 valence electrons. The first kappa shape index (κ1) is 18.8. The summed E-state index contributed by atoms with van der Waals surface area (Å²) in [5.41, 5.74) is 0.174. The number of rotatable bonds is 9. The zero-order valence-corrected chi connectivity index (χ0v) is 13.4. The van der Waals surface area contributed by atoms with E-state index in [0.29, 0.717) is 0 Å². The molecule has 0 heterocycles. The number of carbonyl (C=O) groups is 1. The van der Waals surface area contributed by atoms with Crippen molar-refractivity contribution in [3.8, 4) is 0 Å². The molecule has 0 saturated heterocycles. The number of hydrogen-bond acceptors (Lipinski definition) is 7. The van der Waals surface area contributed by atoms with Crippen molar-refractivity contribution in [2.24, 2.45) is 0 Å². The molecule has 0 unspecified atom stereocenters. The molecule has 1 aromatic carbocycles. The van der Waals surface area contributed by atoms with Crippen LogP contribution in [0.3, 0.4) is 0 Å². The zero-order chi connectivity index (χ0) is 17.5. The monoisotopic (exact) mass is 343 g/mol. The van der Waals surface area contributed by atoms with E-state index in [1.54, 1.807) is 6.07 Å². The van der Waals surface area contributed by atoms with Crippen molar-refractivity contribution < 1.29 is 27.1 Å². The lowest BCUT2D eigenvalue weighted by molar-refractivity contribution is -0.385. The van der Waals surface area contributed by atoms with E-state index in [0.717, 1.165) is 0 Å². The van der Waals surface area contributed by atoms with Gasteiger partial charge in [0.15, 0.2) is 0 Å². The summed E-state index contributed by atoms with van der Waals surface area (Å²) in [4.78, 5) is 21.3. The first-order valence-corrected chi connectivity index (χ1v) is 8.22. The fourth-order valence-corrected chi connectivity index (χ4v) is 2.44. The van der Waals surface area contributed by atoms with Gasteiger partial charge in [-0.25, -0.2) is 4.79 Å². The Balaban J connectivity index is 2.49. The largest absolute Gasteiger partial charge is 0.462 e. The van der Waals surface area contributed by atoms with Crippen LogP contribution in [0.15, 0.2) is 36.4 Å². The number of nitrogens with zero attached hydrogens (tertiary/aromatic N) is 1. The molecule has 8 nitrogen and oxygen atoms in total. The molecule has 0 aliphatic rings. The molecule has 0 spiro atoms. The minimum Gasteiger partial charge on any atom is -0.462 e. The average molecular weight is 343 g/mol. The SMILES string of the molecule is C=C(C)C(=O)OCCCS(=O)(=O)OCc1ccccc1[N+](=O)[O-]. The van der Waals surface area contributed by atoms with Gasteiger partial charge in [0.2, 0.25) is 0 Å².